The van der Waals surface area contributed by atoms with Gasteiger partial charge in [-0.1, -0.05) is 36.4 Å². The molecule has 4 nitrogen and oxygen atoms in total. The molecule has 3 aromatic rings. The standard InChI is InChI=1S/C21H23N3O/c1-2-5-16(6-3-1)17-9-11-23(12-10-17)15-20-22-18-7-4-8-19-21(18)24(20)13-14-25-19/h1-8,17H,9-15H2. The summed E-state index contributed by atoms with van der Waals surface area (Å²) in [5.41, 5.74) is 3.72. The fraction of sp³-hybridized carbons (Fsp3) is 0.381. The maximum atomic E-state index is 5.79. The highest BCUT2D eigenvalue weighted by Gasteiger charge is 2.24. The van der Waals surface area contributed by atoms with Gasteiger partial charge in [-0.3, -0.25) is 4.90 Å². The lowest BCUT2D eigenvalue weighted by Crippen LogP contribution is -2.33. The summed E-state index contributed by atoms with van der Waals surface area (Å²) in [5.74, 6) is 2.87. The number of benzene rings is 2. The summed E-state index contributed by atoms with van der Waals surface area (Å²) in [7, 11) is 0. The molecule has 0 radical (unpaired) electrons. The summed E-state index contributed by atoms with van der Waals surface area (Å²) < 4.78 is 8.15. The summed E-state index contributed by atoms with van der Waals surface area (Å²) >= 11 is 0. The summed E-state index contributed by atoms with van der Waals surface area (Å²) in [6.45, 7) is 4.88. The Bertz CT molecular complexity index is 879. The molecule has 5 rings (SSSR count). The molecule has 128 valence electrons. The van der Waals surface area contributed by atoms with Crippen LogP contribution in [0.4, 0.5) is 0 Å². The highest BCUT2D eigenvalue weighted by molar-refractivity contribution is 5.83. The Morgan fingerprint density at radius 2 is 1.80 bits per heavy atom. The Morgan fingerprint density at radius 1 is 0.960 bits per heavy atom. The second-order valence-electron chi connectivity index (χ2n) is 7.11. The van der Waals surface area contributed by atoms with Crippen LogP contribution in [0.2, 0.25) is 0 Å². The normalized spacial score (nSPS) is 18.4. The van der Waals surface area contributed by atoms with Crippen LogP contribution in [0.15, 0.2) is 48.5 Å². The third-order valence-electron chi connectivity index (χ3n) is 5.60. The summed E-state index contributed by atoms with van der Waals surface area (Å²) in [4.78, 5) is 7.45. The first-order valence-electron chi connectivity index (χ1n) is 9.27. The number of likely N-dealkylation sites (tertiary alicyclic amines) is 1. The van der Waals surface area contributed by atoms with Crippen LogP contribution in [-0.4, -0.2) is 34.1 Å². The topological polar surface area (TPSA) is 30.3 Å². The van der Waals surface area contributed by atoms with Crippen LogP contribution >= 0.6 is 0 Å². The van der Waals surface area contributed by atoms with Gasteiger partial charge in [0.05, 0.1) is 18.6 Å². The van der Waals surface area contributed by atoms with Crippen molar-refractivity contribution in [1.82, 2.24) is 14.5 Å². The zero-order chi connectivity index (χ0) is 16.6. The number of rotatable bonds is 3. The minimum atomic E-state index is 0.704. The number of nitrogens with zero attached hydrogens (tertiary/aromatic N) is 3. The number of ether oxygens (including phenoxy) is 1. The van der Waals surface area contributed by atoms with Crippen LogP contribution in [0.5, 0.6) is 5.75 Å². The maximum Gasteiger partial charge on any atom is 0.145 e. The molecule has 0 amide bonds. The Balaban J connectivity index is 1.33. The second-order valence-corrected chi connectivity index (χ2v) is 7.11. The molecule has 0 spiro atoms. The van der Waals surface area contributed by atoms with E-state index in [4.69, 9.17) is 9.72 Å². The molecule has 2 aliphatic heterocycles. The van der Waals surface area contributed by atoms with Gasteiger partial charge >= 0.3 is 0 Å². The number of piperidine rings is 1. The second kappa shape index (κ2) is 6.19. The van der Waals surface area contributed by atoms with Crippen LogP contribution < -0.4 is 4.74 Å². The van der Waals surface area contributed by atoms with Crippen molar-refractivity contribution in [3.63, 3.8) is 0 Å². The summed E-state index contributed by atoms with van der Waals surface area (Å²) in [5, 5.41) is 0. The molecule has 0 N–H and O–H groups in total. The van der Waals surface area contributed by atoms with Crippen molar-refractivity contribution in [2.75, 3.05) is 19.7 Å². The lowest BCUT2D eigenvalue weighted by Gasteiger charge is -2.32. The molecule has 0 bridgehead atoms. The van der Waals surface area contributed by atoms with Gasteiger partial charge in [0.2, 0.25) is 0 Å². The summed E-state index contributed by atoms with van der Waals surface area (Å²) in [6, 6.07) is 17.1. The molecule has 1 aromatic heterocycles. The Labute approximate surface area is 148 Å². The molecule has 0 unspecified atom stereocenters. The molecule has 1 saturated heterocycles. The van der Waals surface area contributed by atoms with Crippen LogP contribution in [0.25, 0.3) is 11.0 Å². The predicted octanol–water partition coefficient (Wildman–Crippen LogP) is 3.81. The van der Waals surface area contributed by atoms with Gasteiger partial charge in [0.25, 0.3) is 0 Å². The predicted molar refractivity (Wildman–Crippen MR) is 98.9 cm³/mol. The van der Waals surface area contributed by atoms with Gasteiger partial charge in [0.15, 0.2) is 0 Å². The zero-order valence-corrected chi connectivity index (χ0v) is 14.4. The van der Waals surface area contributed by atoms with Crippen molar-refractivity contribution in [3.05, 3.63) is 59.9 Å². The zero-order valence-electron chi connectivity index (χ0n) is 14.4. The van der Waals surface area contributed by atoms with Gasteiger partial charge in [0.1, 0.15) is 23.7 Å². The van der Waals surface area contributed by atoms with E-state index in [1.807, 2.05) is 6.07 Å². The van der Waals surface area contributed by atoms with Gasteiger partial charge in [-0.15, -0.1) is 0 Å². The molecule has 25 heavy (non-hydrogen) atoms. The Hall–Kier alpha value is -2.33. The number of imidazole rings is 1. The van der Waals surface area contributed by atoms with Gasteiger partial charge in [-0.2, -0.15) is 0 Å². The van der Waals surface area contributed by atoms with Crippen LogP contribution in [0.1, 0.15) is 30.1 Å². The average Bonchev–Trinajstić information content (AvgIpc) is 3.03. The quantitative estimate of drug-likeness (QED) is 0.730. The minimum absolute atomic E-state index is 0.704. The molecule has 0 saturated carbocycles. The average molecular weight is 333 g/mol. The van der Waals surface area contributed by atoms with Crippen molar-refractivity contribution in [2.45, 2.75) is 31.8 Å². The van der Waals surface area contributed by atoms with Gasteiger partial charge < -0.3 is 9.30 Å². The van der Waals surface area contributed by atoms with Gasteiger partial charge in [-0.05, 0) is 49.5 Å². The van der Waals surface area contributed by atoms with Crippen molar-refractivity contribution in [2.24, 2.45) is 0 Å². The largest absolute Gasteiger partial charge is 0.489 e. The van der Waals surface area contributed by atoms with E-state index in [-0.39, 0.29) is 0 Å². The maximum absolute atomic E-state index is 5.79. The van der Waals surface area contributed by atoms with Crippen molar-refractivity contribution >= 4 is 11.0 Å². The first kappa shape index (κ1) is 15.0. The third-order valence-corrected chi connectivity index (χ3v) is 5.60. The van der Waals surface area contributed by atoms with E-state index >= 15 is 0 Å². The third kappa shape index (κ3) is 2.71. The lowest BCUT2D eigenvalue weighted by atomic mass is 9.89. The molecule has 2 aliphatic rings. The molecule has 3 heterocycles. The fourth-order valence-electron chi connectivity index (χ4n) is 4.28. The van der Waals surface area contributed by atoms with E-state index < -0.39 is 0 Å². The van der Waals surface area contributed by atoms with Crippen LogP contribution in [0.3, 0.4) is 0 Å². The Morgan fingerprint density at radius 3 is 2.64 bits per heavy atom. The van der Waals surface area contributed by atoms with E-state index in [0.29, 0.717) is 5.92 Å². The van der Waals surface area contributed by atoms with Crippen molar-refractivity contribution in [1.29, 1.82) is 0 Å². The van der Waals surface area contributed by atoms with E-state index in [1.54, 1.807) is 0 Å². The SMILES string of the molecule is c1ccc(C2CCN(Cc3nc4cccc5c4n3CCO5)CC2)cc1. The molecular formula is C21H23N3O. The lowest BCUT2D eigenvalue weighted by molar-refractivity contribution is 0.195. The van der Waals surface area contributed by atoms with E-state index in [0.717, 1.165) is 44.1 Å². The fourth-order valence-corrected chi connectivity index (χ4v) is 4.28. The Kier molecular flexibility index (Phi) is 3.71. The molecule has 1 fully saturated rings. The van der Waals surface area contributed by atoms with Gasteiger partial charge in [-0.25, -0.2) is 4.98 Å². The number of hydrogen-bond donors (Lipinski definition) is 0. The van der Waals surface area contributed by atoms with Crippen LogP contribution in [-0.2, 0) is 13.1 Å². The highest BCUT2D eigenvalue weighted by Crippen LogP contribution is 2.32. The van der Waals surface area contributed by atoms with Crippen molar-refractivity contribution < 1.29 is 4.74 Å². The van der Waals surface area contributed by atoms with Crippen molar-refractivity contribution in [3.8, 4) is 5.75 Å². The first-order chi connectivity index (χ1) is 12.4. The van der Waals surface area contributed by atoms with Crippen LogP contribution in [0, 0.1) is 0 Å². The van der Waals surface area contributed by atoms with E-state index in [1.165, 1.54) is 29.7 Å². The smallest absolute Gasteiger partial charge is 0.145 e. The van der Waals surface area contributed by atoms with E-state index in [9.17, 15) is 0 Å². The van der Waals surface area contributed by atoms with E-state index in [2.05, 4.69) is 51.9 Å². The number of para-hydroxylation sites is 1. The number of aromatic nitrogens is 2. The molecule has 4 heteroatoms. The first-order valence-corrected chi connectivity index (χ1v) is 9.27. The summed E-state index contributed by atoms with van der Waals surface area (Å²) in [6.07, 6.45) is 2.47. The molecular weight excluding hydrogens is 310 g/mol. The highest BCUT2D eigenvalue weighted by atomic mass is 16.5. The molecule has 0 aliphatic carbocycles. The minimum Gasteiger partial charge on any atom is -0.489 e. The molecule has 0 atom stereocenters. The monoisotopic (exact) mass is 333 g/mol. The molecule has 2 aromatic carbocycles. The van der Waals surface area contributed by atoms with Gasteiger partial charge in [0, 0.05) is 0 Å². The number of hydrogen-bond acceptors (Lipinski definition) is 3.